The normalized spacial score (nSPS) is 33.0. The van der Waals surface area contributed by atoms with Gasteiger partial charge in [0.15, 0.2) is 0 Å². The second-order valence-electron chi connectivity index (χ2n) is 5.61. The summed E-state index contributed by atoms with van der Waals surface area (Å²) in [6, 6.07) is 8.31. The van der Waals surface area contributed by atoms with Gasteiger partial charge in [0.25, 0.3) is 0 Å². The number of aryl methyl sites for hydroxylation is 2. The number of hydrogen-bond acceptors (Lipinski definition) is 1. The summed E-state index contributed by atoms with van der Waals surface area (Å²) in [5, 5.41) is 3.73. The van der Waals surface area contributed by atoms with E-state index in [4.69, 9.17) is 0 Å². The van der Waals surface area contributed by atoms with Gasteiger partial charge in [-0.3, -0.25) is 0 Å². The molecular formula is C15H21N. The summed E-state index contributed by atoms with van der Waals surface area (Å²) >= 11 is 0. The topological polar surface area (TPSA) is 12.0 Å². The van der Waals surface area contributed by atoms with Gasteiger partial charge in [0.1, 0.15) is 0 Å². The van der Waals surface area contributed by atoms with Crippen molar-refractivity contribution in [2.45, 2.75) is 57.5 Å². The Morgan fingerprint density at radius 1 is 1.00 bits per heavy atom. The standard InChI is InChI=1S/C15H21N/c1-10-4-3-5-11(2)15(10)12-8-13-6-7-14(9-12)16-13/h3-5,12-14,16H,6-9H2,1-2H3/t12?,13-,14+. The second-order valence-corrected chi connectivity index (χ2v) is 5.61. The fraction of sp³-hybridized carbons (Fsp3) is 0.600. The lowest BCUT2D eigenvalue weighted by Crippen LogP contribution is -2.37. The Labute approximate surface area is 98.3 Å². The average Bonchev–Trinajstić information content (AvgIpc) is 2.58. The molecule has 1 N–H and O–H groups in total. The van der Waals surface area contributed by atoms with E-state index in [1.54, 1.807) is 5.56 Å². The molecule has 1 aromatic rings. The molecular weight excluding hydrogens is 194 g/mol. The molecule has 2 aliphatic heterocycles. The largest absolute Gasteiger partial charge is 0.311 e. The van der Waals surface area contributed by atoms with Crippen LogP contribution >= 0.6 is 0 Å². The lowest BCUT2D eigenvalue weighted by Gasteiger charge is -2.31. The van der Waals surface area contributed by atoms with Gasteiger partial charge in [-0.1, -0.05) is 18.2 Å². The number of benzene rings is 1. The van der Waals surface area contributed by atoms with E-state index in [1.165, 1.54) is 36.8 Å². The maximum absolute atomic E-state index is 3.73. The minimum atomic E-state index is 0.794. The van der Waals surface area contributed by atoms with Gasteiger partial charge in [-0.2, -0.15) is 0 Å². The van der Waals surface area contributed by atoms with E-state index in [0.29, 0.717) is 0 Å². The van der Waals surface area contributed by atoms with Crippen molar-refractivity contribution >= 4 is 0 Å². The van der Waals surface area contributed by atoms with Gasteiger partial charge in [-0.15, -0.1) is 0 Å². The van der Waals surface area contributed by atoms with Crippen LogP contribution in [0.1, 0.15) is 48.3 Å². The molecule has 2 saturated heterocycles. The van der Waals surface area contributed by atoms with Crippen LogP contribution in [0.5, 0.6) is 0 Å². The monoisotopic (exact) mass is 215 g/mol. The zero-order valence-electron chi connectivity index (χ0n) is 10.3. The molecule has 2 fully saturated rings. The molecule has 2 bridgehead atoms. The SMILES string of the molecule is Cc1cccc(C)c1C1C[C@H]2CC[C@@H](C1)N2. The van der Waals surface area contributed by atoms with Crippen molar-refractivity contribution in [1.82, 2.24) is 5.32 Å². The van der Waals surface area contributed by atoms with E-state index in [1.807, 2.05) is 0 Å². The van der Waals surface area contributed by atoms with Crippen molar-refractivity contribution in [2.24, 2.45) is 0 Å². The smallest absolute Gasteiger partial charge is 0.00760 e. The molecule has 0 aromatic heterocycles. The Kier molecular flexibility index (Phi) is 2.51. The highest BCUT2D eigenvalue weighted by molar-refractivity contribution is 5.37. The van der Waals surface area contributed by atoms with E-state index < -0.39 is 0 Å². The predicted octanol–water partition coefficient (Wildman–Crippen LogP) is 3.30. The molecule has 0 amide bonds. The summed E-state index contributed by atoms with van der Waals surface area (Å²) in [6.07, 6.45) is 5.49. The van der Waals surface area contributed by atoms with Gasteiger partial charge in [-0.05, 0) is 62.1 Å². The number of nitrogens with one attached hydrogen (secondary N) is 1. The lowest BCUT2D eigenvalue weighted by atomic mass is 9.82. The van der Waals surface area contributed by atoms with Crippen molar-refractivity contribution in [2.75, 3.05) is 0 Å². The summed E-state index contributed by atoms with van der Waals surface area (Å²) in [4.78, 5) is 0. The van der Waals surface area contributed by atoms with Crippen molar-refractivity contribution in [3.05, 3.63) is 34.9 Å². The van der Waals surface area contributed by atoms with Gasteiger partial charge in [0, 0.05) is 12.1 Å². The predicted molar refractivity (Wildman–Crippen MR) is 67.8 cm³/mol. The first-order valence-corrected chi connectivity index (χ1v) is 6.56. The minimum Gasteiger partial charge on any atom is -0.311 e. The van der Waals surface area contributed by atoms with E-state index in [-0.39, 0.29) is 0 Å². The van der Waals surface area contributed by atoms with Crippen molar-refractivity contribution < 1.29 is 0 Å². The zero-order chi connectivity index (χ0) is 11.1. The van der Waals surface area contributed by atoms with Crippen LogP contribution in [0, 0.1) is 13.8 Å². The first-order chi connectivity index (χ1) is 7.74. The molecule has 1 nitrogen and oxygen atoms in total. The molecule has 1 aromatic carbocycles. The Morgan fingerprint density at radius 2 is 1.56 bits per heavy atom. The molecule has 0 spiro atoms. The Balaban J connectivity index is 1.92. The van der Waals surface area contributed by atoms with Gasteiger partial charge < -0.3 is 5.32 Å². The van der Waals surface area contributed by atoms with Crippen LogP contribution in [-0.4, -0.2) is 12.1 Å². The molecule has 86 valence electrons. The summed E-state index contributed by atoms with van der Waals surface area (Å²) in [5.41, 5.74) is 4.62. The first-order valence-electron chi connectivity index (χ1n) is 6.56. The number of piperidine rings is 1. The van der Waals surface area contributed by atoms with Gasteiger partial charge in [0.05, 0.1) is 0 Å². The summed E-state index contributed by atoms with van der Waals surface area (Å²) in [6.45, 7) is 4.54. The van der Waals surface area contributed by atoms with Crippen molar-refractivity contribution in [3.8, 4) is 0 Å². The molecule has 0 saturated carbocycles. The van der Waals surface area contributed by atoms with Crippen LogP contribution in [0.3, 0.4) is 0 Å². The van der Waals surface area contributed by atoms with Crippen LogP contribution < -0.4 is 5.32 Å². The third-order valence-electron chi connectivity index (χ3n) is 4.42. The lowest BCUT2D eigenvalue weighted by molar-refractivity contribution is 0.362. The third kappa shape index (κ3) is 1.67. The van der Waals surface area contributed by atoms with Crippen LogP contribution in [-0.2, 0) is 0 Å². The van der Waals surface area contributed by atoms with E-state index in [0.717, 1.165) is 18.0 Å². The number of rotatable bonds is 1. The number of hydrogen-bond donors (Lipinski definition) is 1. The van der Waals surface area contributed by atoms with E-state index in [9.17, 15) is 0 Å². The Bertz CT molecular complexity index is 364. The van der Waals surface area contributed by atoms with Crippen molar-refractivity contribution in [1.29, 1.82) is 0 Å². The molecule has 1 unspecified atom stereocenters. The zero-order valence-corrected chi connectivity index (χ0v) is 10.3. The highest BCUT2D eigenvalue weighted by Crippen LogP contribution is 2.39. The van der Waals surface area contributed by atoms with Gasteiger partial charge in [0.2, 0.25) is 0 Å². The van der Waals surface area contributed by atoms with Crippen LogP contribution in [0.25, 0.3) is 0 Å². The second kappa shape index (κ2) is 3.89. The molecule has 2 aliphatic rings. The fourth-order valence-corrected chi connectivity index (χ4v) is 3.76. The maximum atomic E-state index is 3.73. The van der Waals surface area contributed by atoms with E-state index in [2.05, 4.69) is 37.4 Å². The highest BCUT2D eigenvalue weighted by atomic mass is 15.0. The maximum Gasteiger partial charge on any atom is 0.00760 e. The van der Waals surface area contributed by atoms with Crippen LogP contribution in [0.2, 0.25) is 0 Å². The summed E-state index contributed by atoms with van der Waals surface area (Å²) in [5.74, 6) is 0.806. The Hall–Kier alpha value is -0.820. The van der Waals surface area contributed by atoms with Gasteiger partial charge >= 0.3 is 0 Å². The number of fused-ring (bicyclic) bond motifs is 2. The fourth-order valence-electron chi connectivity index (χ4n) is 3.76. The molecule has 3 atom stereocenters. The molecule has 3 rings (SSSR count). The molecule has 16 heavy (non-hydrogen) atoms. The molecule has 0 radical (unpaired) electrons. The third-order valence-corrected chi connectivity index (χ3v) is 4.42. The Morgan fingerprint density at radius 3 is 2.12 bits per heavy atom. The highest BCUT2D eigenvalue weighted by Gasteiger charge is 2.34. The van der Waals surface area contributed by atoms with E-state index >= 15 is 0 Å². The minimum absolute atomic E-state index is 0.794. The summed E-state index contributed by atoms with van der Waals surface area (Å²) in [7, 11) is 0. The quantitative estimate of drug-likeness (QED) is 0.758. The molecule has 0 aliphatic carbocycles. The molecule has 2 heterocycles. The molecule has 1 heteroatoms. The average molecular weight is 215 g/mol. The first kappa shape index (κ1) is 10.3. The van der Waals surface area contributed by atoms with Crippen LogP contribution in [0.15, 0.2) is 18.2 Å². The van der Waals surface area contributed by atoms with Gasteiger partial charge in [-0.25, -0.2) is 0 Å². The van der Waals surface area contributed by atoms with Crippen molar-refractivity contribution in [3.63, 3.8) is 0 Å². The van der Waals surface area contributed by atoms with Crippen LogP contribution in [0.4, 0.5) is 0 Å². The summed E-state index contributed by atoms with van der Waals surface area (Å²) < 4.78 is 0.